The molecular formula is C68H124O12. The molecule has 0 saturated carbocycles. The van der Waals surface area contributed by atoms with Crippen LogP contribution in [0.2, 0.25) is 0 Å². The average molecular weight is 1130 g/mol. The topological polar surface area (TPSA) is 169 Å². The predicted octanol–water partition coefficient (Wildman–Crippen LogP) is 19.2. The molecule has 0 aromatic heterocycles. The average Bonchev–Trinajstić information content (AvgIpc) is 3.33. The van der Waals surface area contributed by atoms with E-state index in [-0.39, 0.29) is 12.4 Å². The second-order valence-electron chi connectivity index (χ2n) is 26.6. The number of carboxylic acids is 1. The zero-order chi connectivity index (χ0) is 61.0. The van der Waals surface area contributed by atoms with Gasteiger partial charge in [-0.15, -0.1) is 13.2 Å². The quantitative estimate of drug-likeness (QED) is 0.0202. The molecular weight excluding hydrogens is 1010 g/mol. The van der Waals surface area contributed by atoms with Crippen LogP contribution in [-0.4, -0.2) is 69.9 Å². The summed E-state index contributed by atoms with van der Waals surface area (Å²) in [6, 6.07) is 0. The molecule has 0 spiro atoms. The highest BCUT2D eigenvalue weighted by atomic mass is 16.6. The maximum atomic E-state index is 13.7. The maximum Gasteiger partial charge on any atom is 0.324 e. The zero-order valence-electron chi connectivity index (χ0n) is 54.1. The number of aliphatic carboxylic acids is 1. The molecule has 0 bridgehead atoms. The Hall–Kier alpha value is -3.70. The lowest BCUT2D eigenvalue weighted by Gasteiger charge is -2.35. The van der Waals surface area contributed by atoms with E-state index in [2.05, 4.69) is 13.2 Å². The van der Waals surface area contributed by atoms with Gasteiger partial charge in [-0.2, -0.15) is 0 Å². The number of carbonyl (C=O) groups excluding carboxylic acids is 5. The van der Waals surface area contributed by atoms with Gasteiger partial charge in [0.1, 0.15) is 22.4 Å². The first-order chi connectivity index (χ1) is 37.5. The third-order valence-electron chi connectivity index (χ3n) is 14.0. The number of esters is 5. The molecule has 468 valence electrons. The smallest absolute Gasteiger partial charge is 0.324 e. The summed E-state index contributed by atoms with van der Waals surface area (Å²) >= 11 is 0. The van der Waals surface area contributed by atoms with Gasteiger partial charge in [0.15, 0.2) is 10.8 Å². The Morgan fingerprint density at radius 1 is 0.338 bits per heavy atom. The largest absolute Gasteiger partial charge is 0.481 e. The number of carboxylic acid groups (broad SMARTS) is 1. The molecule has 0 saturated heterocycles. The van der Waals surface area contributed by atoms with E-state index in [0.717, 1.165) is 154 Å². The van der Waals surface area contributed by atoms with Crippen LogP contribution >= 0.6 is 0 Å². The van der Waals surface area contributed by atoms with Gasteiger partial charge in [0, 0.05) is 12.8 Å². The van der Waals surface area contributed by atoms with Crippen molar-refractivity contribution in [3.8, 4) is 0 Å². The summed E-state index contributed by atoms with van der Waals surface area (Å²) in [7, 11) is 0. The monoisotopic (exact) mass is 1130 g/mol. The molecule has 12 heteroatoms. The Morgan fingerprint density at radius 2 is 0.550 bits per heavy atom. The Labute approximate surface area is 490 Å². The number of carbonyl (C=O) groups is 6. The van der Waals surface area contributed by atoms with E-state index in [4.69, 9.17) is 28.8 Å². The SMILES string of the molecule is C=CCCCCCCCCCC(CCCCCCCCCCC(=O)O)(C(=O)OC(C)(C)C)C(=O)OC(C)(C)C.C=CCCCCCCCCCC(CCCCCCCCCCC(=O)OCC)(C(=O)OC(C)(C)C)C(=O)OC(C)(C)C. The maximum absolute atomic E-state index is 13.7. The molecule has 0 fully saturated rings. The van der Waals surface area contributed by atoms with Crippen molar-refractivity contribution >= 4 is 35.8 Å². The minimum absolute atomic E-state index is 0.106. The molecule has 0 rings (SSSR count). The van der Waals surface area contributed by atoms with Gasteiger partial charge in [-0.1, -0.05) is 179 Å². The van der Waals surface area contributed by atoms with Gasteiger partial charge in [0.2, 0.25) is 0 Å². The number of hydrogen-bond acceptors (Lipinski definition) is 11. The number of allylic oxidation sites excluding steroid dienone is 2. The van der Waals surface area contributed by atoms with Crippen LogP contribution in [0.1, 0.15) is 334 Å². The Morgan fingerprint density at radius 3 is 0.762 bits per heavy atom. The van der Waals surface area contributed by atoms with Crippen LogP contribution in [0.15, 0.2) is 25.3 Å². The lowest BCUT2D eigenvalue weighted by Crippen LogP contribution is -2.46. The van der Waals surface area contributed by atoms with Crippen LogP contribution < -0.4 is 0 Å². The fourth-order valence-electron chi connectivity index (χ4n) is 9.69. The number of rotatable bonds is 47. The standard InChI is InChI=1S/C35H64O6.C33H60O6/c1-9-11-12-13-14-16-19-22-25-28-35(31(37)40-33(3,4)5,32(38)41-34(6,7)8)29-26-23-20-17-15-18-21-24-27-30(36)39-10-2;1-8-9-10-11-12-14-17-20-23-26-33(29(36)38-31(2,3)4,30(37)39-32(5,6)7)27-24-21-18-15-13-16-19-22-25-28(34)35/h9H,1,10-29H2,2-8H3;8H,1,9-27H2,2-7H3,(H,34,35). The third-order valence-corrected chi connectivity index (χ3v) is 14.0. The van der Waals surface area contributed by atoms with Gasteiger partial charge in [-0.05, 0) is 154 Å². The highest BCUT2D eigenvalue weighted by molar-refractivity contribution is 6.01. The minimum atomic E-state index is -1.28. The Kier molecular flexibility index (Phi) is 43.9. The fourth-order valence-corrected chi connectivity index (χ4v) is 9.69. The molecule has 0 aromatic rings. The predicted molar refractivity (Wildman–Crippen MR) is 328 cm³/mol. The summed E-state index contributed by atoms with van der Waals surface area (Å²) < 4.78 is 28.4. The molecule has 0 unspecified atom stereocenters. The molecule has 0 aliphatic rings. The van der Waals surface area contributed by atoms with Crippen molar-refractivity contribution in [3.63, 3.8) is 0 Å². The normalized spacial score (nSPS) is 12.2. The van der Waals surface area contributed by atoms with Crippen LogP contribution in [0.25, 0.3) is 0 Å². The van der Waals surface area contributed by atoms with Gasteiger partial charge in [0.25, 0.3) is 0 Å². The molecule has 0 aromatic carbocycles. The molecule has 0 atom stereocenters. The Bertz CT molecular complexity index is 1610. The third kappa shape index (κ3) is 44.0. The number of hydrogen-bond donors (Lipinski definition) is 1. The first-order valence-corrected chi connectivity index (χ1v) is 32.0. The summed E-state index contributed by atoms with van der Waals surface area (Å²) in [5.41, 5.74) is -5.27. The van der Waals surface area contributed by atoms with Crippen LogP contribution in [0.5, 0.6) is 0 Å². The van der Waals surface area contributed by atoms with Crippen molar-refractivity contribution in [2.75, 3.05) is 6.61 Å². The minimum Gasteiger partial charge on any atom is -0.481 e. The van der Waals surface area contributed by atoms with Crippen molar-refractivity contribution < 1.29 is 57.6 Å². The first-order valence-electron chi connectivity index (χ1n) is 32.0. The van der Waals surface area contributed by atoms with Gasteiger partial charge >= 0.3 is 35.8 Å². The molecule has 0 aliphatic carbocycles. The van der Waals surface area contributed by atoms with Gasteiger partial charge < -0.3 is 28.8 Å². The molecule has 12 nitrogen and oxygen atoms in total. The van der Waals surface area contributed by atoms with E-state index in [1.807, 2.05) is 102 Å². The highest BCUT2D eigenvalue weighted by Gasteiger charge is 2.51. The molecule has 0 heterocycles. The summed E-state index contributed by atoms with van der Waals surface area (Å²) in [6.45, 7) is 32.0. The van der Waals surface area contributed by atoms with E-state index >= 15 is 0 Å². The number of unbranched alkanes of at least 4 members (excludes halogenated alkanes) is 28. The summed E-state index contributed by atoms with van der Waals surface area (Å²) in [5.74, 6) is -2.62. The van der Waals surface area contributed by atoms with E-state index < -0.39 is 63.1 Å². The van der Waals surface area contributed by atoms with Crippen molar-refractivity contribution in [1.82, 2.24) is 0 Å². The van der Waals surface area contributed by atoms with Gasteiger partial charge in [-0.3, -0.25) is 28.8 Å². The van der Waals surface area contributed by atoms with Crippen molar-refractivity contribution in [3.05, 3.63) is 25.3 Å². The van der Waals surface area contributed by atoms with E-state index in [0.29, 0.717) is 38.7 Å². The van der Waals surface area contributed by atoms with Crippen LogP contribution in [-0.2, 0) is 52.5 Å². The van der Waals surface area contributed by atoms with Crippen molar-refractivity contribution in [2.45, 2.75) is 356 Å². The second-order valence-corrected chi connectivity index (χ2v) is 26.6. The van der Waals surface area contributed by atoms with Gasteiger partial charge in [0.05, 0.1) is 6.61 Å². The lowest BCUT2D eigenvalue weighted by atomic mass is 9.77. The zero-order valence-corrected chi connectivity index (χ0v) is 54.1. The molecule has 80 heavy (non-hydrogen) atoms. The molecule has 1 N–H and O–H groups in total. The number of ether oxygens (including phenoxy) is 5. The summed E-state index contributed by atoms with van der Waals surface area (Å²) in [4.78, 5) is 76.6. The summed E-state index contributed by atoms with van der Waals surface area (Å²) in [5, 5.41) is 8.74. The van der Waals surface area contributed by atoms with Crippen molar-refractivity contribution in [2.24, 2.45) is 10.8 Å². The highest BCUT2D eigenvalue weighted by Crippen LogP contribution is 2.40. The van der Waals surface area contributed by atoms with Crippen molar-refractivity contribution in [1.29, 1.82) is 0 Å². The van der Waals surface area contributed by atoms with E-state index in [1.165, 1.54) is 51.4 Å². The second kappa shape index (κ2) is 44.8. The van der Waals surface area contributed by atoms with Gasteiger partial charge in [-0.25, -0.2) is 0 Å². The fraction of sp³-hybridized carbons (Fsp3) is 0.853. The van der Waals surface area contributed by atoms with E-state index in [9.17, 15) is 28.8 Å². The lowest BCUT2D eigenvalue weighted by molar-refractivity contribution is -0.189. The van der Waals surface area contributed by atoms with E-state index in [1.54, 1.807) is 0 Å². The van der Waals surface area contributed by atoms with Crippen LogP contribution in [0.4, 0.5) is 0 Å². The van der Waals surface area contributed by atoms with Crippen LogP contribution in [0, 0.1) is 10.8 Å². The molecule has 0 amide bonds. The summed E-state index contributed by atoms with van der Waals surface area (Å²) in [6.07, 6.45) is 39.7. The first kappa shape index (κ1) is 78.4. The molecule has 0 aliphatic heterocycles. The molecule has 0 radical (unpaired) electrons. The Balaban J connectivity index is 0. The van der Waals surface area contributed by atoms with Crippen LogP contribution in [0.3, 0.4) is 0 Å².